The number of nitrogens with zero attached hydrogens (tertiary/aromatic N) is 1. The number of nitrogens with one attached hydrogen (secondary N) is 2. The van der Waals surface area contributed by atoms with E-state index in [1.807, 2.05) is 0 Å². The predicted molar refractivity (Wildman–Crippen MR) is 135 cm³/mol. The molecule has 0 saturated heterocycles. The van der Waals surface area contributed by atoms with Crippen LogP contribution in [0.15, 0.2) is 77.7 Å². The van der Waals surface area contributed by atoms with Gasteiger partial charge in [-0.1, -0.05) is 35.9 Å². The first-order valence-electron chi connectivity index (χ1n) is 11.0. The van der Waals surface area contributed by atoms with Gasteiger partial charge in [-0.15, -0.1) is 0 Å². The number of para-hydroxylation sites is 2. The highest BCUT2D eigenvalue weighted by Crippen LogP contribution is 2.51. The summed E-state index contributed by atoms with van der Waals surface area (Å²) in [5, 5.41) is 15.2. The van der Waals surface area contributed by atoms with Crippen molar-refractivity contribution in [3.8, 4) is 5.75 Å². The molecule has 0 unspecified atom stereocenters. The van der Waals surface area contributed by atoms with Crippen LogP contribution < -0.4 is 14.8 Å². The standard InChI is InChI=1S/C25H22ClN3O5S/c1-34-24-8-3-2-7-23(24)28-35(32,33)16-10-12-22-19(14-16)17-5-4-6-18(17)25(27-22)20-13-15(29(30)31)9-11-21(20)26/h2-5,7-14,17-18,25,27-28H,6H2,1H3/t17-,18+,25-/m0/s1. The zero-order valence-electron chi connectivity index (χ0n) is 18.6. The van der Waals surface area contributed by atoms with E-state index in [0.717, 1.165) is 17.7 Å². The smallest absolute Gasteiger partial charge is 0.269 e. The van der Waals surface area contributed by atoms with Crippen LogP contribution in [-0.4, -0.2) is 20.5 Å². The van der Waals surface area contributed by atoms with Gasteiger partial charge in [0.1, 0.15) is 5.75 Å². The summed E-state index contributed by atoms with van der Waals surface area (Å²) in [6.07, 6.45) is 4.85. The molecule has 0 bridgehead atoms. The van der Waals surface area contributed by atoms with Crippen molar-refractivity contribution in [2.45, 2.75) is 23.3 Å². The summed E-state index contributed by atoms with van der Waals surface area (Å²) in [5.41, 5.74) is 2.60. The van der Waals surface area contributed by atoms with Crippen molar-refractivity contribution in [3.05, 3.63) is 99.1 Å². The molecule has 2 N–H and O–H groups in total. The normalized spacial score (nSPS) is 20.5. The Morgan fingerprint density at radius 2 is 1.91 bits per heavy atom. The fourth-order valence-corrected chi connectivity index (χ4v) is 6.20. The third-order valence-electron chi connectivity index (χ3n) is 6.52. The Labute approximate surface area is 207 Å². The quantitative estimate of drug-likeness (QED) is 0.243. The van der Waals surface area contributed by atoms with E-state index in [0.29, 0.717) is 22.0 Å². The molecule has 10 heteroatoms. The van der Waals surface area contributed by atoms with Crippen molar-refractivity contribution in [1.29, 1.82) is 0 Å². The zero-order valence-corrected chi connectivity index (χ0v) is 20.2. The first kappa shape index (κ1) is 23.2. The third-order valence-corrected chi connectivity index (χ3v) is 8.23. The number of non-ortho nitro benzene ring substituents is 1. The van der Waals surface area contributed by atoms with Gasteiger partial charge in [0.2, 0.25) is 0 Å². The van der Waals surface area contributed by atoms with Crippen LogP contribution in [0, 0.1) is 16.0 Å². The number of allylic oxidation sites excluding steroid dienone is 2. The van der Waals surface area contributed by atoms with Gasteiger partial charge >= 0.3 is 0 Å². The second-order valence-corrected chi connectivity index (χ2v) is 10.6. The van der Waals surface area contributed by atoms with E-state index in [9.17, 15) is 18.5 Å². The number of methoxy groups -OCH3 is 1. The molecule has 0 saturated carbocycles. The maximum atomic E-state index is 13.2. The number of rotatable bonds is 6. The molecule has 3 atom stereocenters. The summed E-state index contributed by atoms with van der Waals surface area (Å²) in [6, 6.07) is 15.9. The second kappa shape index (κ2) is 8.90. The van der Waals surface area contributed by atoms with Gasteiger partial charge in [0.25, 0.3) is 15.7 Å². The molecule has 1 heterocycles. The number of nitro benzene ring substituents is 1. The van der Waals surface area contributed by atoms with Crippen LogP contribution in [0.3, 0.4) is 0 Å². The monoisotopic (exact) mass is 511 g/mol. The van der Waals surface area contributed by atoms with Gasteiger partial charge in [0.15, 0.2) is 0 Å². The summed E-state index contributed by atoms with van der Waals surface area (Å²) >= 11 is 6.46. The topological polar surface area (TPSA) is 111 Å². The Morgan fingerprint density at radius 3 is 2.69 bits per heavy atom. The molecular weight excluding hydrogens is 490 g/mol. The maximum Gasteiger partial charge on any atom is 0.269 e. The number of sulfonamides is 1. The van der Waals surface area contributed by atoms with Crippen molar-refractivity contribution in [2.24, 2.45) is 5.92 Å². The summed E-state index contributed by atoms with van der Waals surface area (Å²) < 4.78 is 34.3. The molecule has 1 aliphatic heterocycles. The predicted octanol–water partition coefficient (Wildman–Crippen LogP) is 5.88. The SMILES string of the molecule is COc1ccccc1NS(=O)(=O)c1ccc2c(c1)[C@H]1C=CC[C@H]1[C@@H](c1cc([N+](=O)[O-])ccc1Cl)N2. The summed E-state index contributed by atoms with van der Waals surface area (Å²) in [4.78, 5) is 11.0. The van der Waals surface area contributed by atoms with Gasteiger partial charge in [0.05, 0.1) is 28.7 Å². The number of hydrogen-bond acceptors (Lipinski definition) is 6. The van der Waals surface area contributed by atoms with Gasteiger partial charge in [-0.25, -0.2) is 8.42 Å². The first-order chi connectivity index (χ1) is 16.8. The Balaban J connectivity index is 1.51. The molecule has 180 valence electrons. The van der Waals surface area contributed by atoms with Crippen LogP contribution in [-0.2, 0) is 10.0 Å². The molecule has 0 aromatic heterocycles. The van der Waals surface area contributed by atoms with E-state index in [1.54, 1.807) is 42.5 Å². The first-order valence-corrected chi connectivity index (χ1v) is 12.8. The van der Waals surface area contributed by atoms with Crippen molar-refractivity contribution < 1.29 is 18.1 Å². The van der Waals surface area contributed by atoms with Gasteiger partial charge in [-0.3, -0.25) is 14.8 Å². The van der Waals surface area contributed by atoms with E-state index in [4.69, 9.17) is 16.3 Å². The average Bonchev–Trinajstić information content (AvgIpc) is 3.34. The molecular formula is C25H22ClN3O5S. The fraction of sp³-hybridized carbons (Fsp3) is 0.200. The minimum Gasteiger partial charge on any atom is -0.495 e. The summed E-state index contributed by atoms with van der Waals surface area (Å²) in [6.45, 7) is 0. The molecule has 0 spiro atoms. The summed E-state index contributed by atoms with van der Waals surface area (Å²) in [5.74, 6) is 0.390. The number of hydrogen-bond donors (Lipinski definition) is 2. The number of benzene rings is 3. The second-order valence-electron chi connectivity index (χ2n) is 8.49. The lowest BCUT2D eigenvalue weighted by Crippen LogP contribution is -2.29. The fourth-order valence-electron chi connectivity index (χ4n) is 4.86. The Hall–Kier alpha value is -3.56. The van der Waals surface area contributed by atoms with E-state index in [2.05, 4.69) is 22.2 Å². The summed E-state index contributed by atoms with van der Waals surface area (Å²) in [7, 11) is -2.39. The Bertz CT molecular complexity index is 1460. The minimum absolute atomic E-state index is 0.0247. The van der Waals surface area contributed by atoms with Crippen molar-refractivity contribution in [1.82, 2.24) is 0 Å². The van der Waals surface area contributed by atoms with E-state index < -0.39 is 14.9 Å². The van der Waals surface area contributed by atoms with E-state index in [-0.39, 0.29) is 28.5 Å². The van der Waals surface area contributed by atoms with Crippen LogP contribution in [0.2, 0.25) is 5.02 Å². The Kier molecular flexibility index (Phi) is 5.90. The molecule has 5 rings (SSSR count). The minimum atomic E-state index is -3.87. The van der Waals surface area contributed by atoms with E-state index >= 15 is 0 Å². The lowest BCUT2D eigenvalue weighted by Gasteiger charge is -2.38. The number of halogens is 1. The molecule has 1 aliphatic carbocycles. The van der Waals surface area contributed by atoms with Crippen LogP contribution in [0.25, 0.3) is 0 Å². The lowest BCUT2D eigenvalue weighted by atomic mass is 9.77. The number of ether oxygens (including phenoxy) is 1. The molecule has 0 amide bonds. The number of nitro groups is 1. The van der Waals surface area contributed by atoms with Crippen LogP contribution in [0.5, 0.6) is 5.75 Å². The highest BCUT2D eigenvalue weighted by atomic mass is 35.5. The number of fused-ring (bicyclic) bond motifs is 3. The van der Waals surface area contributed by atoms with Gasteiger partial charge in [-0.05, 0) is 54.3 Å². The third kappa shape index (κ3) is 4.21. The largest absolute Gasteiger partial charge is 0.495 e. The molecule has 0 fully saturated rings. The highest BCUT2D eigenvalue weighted by molar-refractivity contribution is 7.92. The molecule has 8 nitrogen and oxygen atoms in total. The van der Waals surface area contributed by atoms with Crippen LogP contribution in [0.1, 0.15) is 29.5 Å². The molecule has 35 heavy (non-hydrogen) atoms. The lowest BCUT2D eigenvalue weighted by molar-refractivity contribution is -0.384. The van der Waals surface area contributed by atoms with Crippen LogP contribution in [0.4, 0.5) is 17.1 Å². The van der Waals surface area contributed by atoms with Crippen molar-refractivity contribution in [3.63, 3.8) is 0 Å². The zero-order chi connectivity index (χ0) is 24.7. The van der Waals surface area contributed by atoms with E-state index in [1.165, 1.54) is 25.3 Å². The average molecular weight is 512 g/mol. The van der Waals surface area contributed by atoms with Gasteiger partial charge in [0, 0.05) is 34.3 Å². The molecule has 3 aromatic carbocycles. The van der Waals surface area contributed by atoms with Crippen molar-refractivity contribution in [2.75, 3.05) is 17.1 Å². The Morgan fingerprint density at radius 1 is 1.11 bits per heavy atom. The molecule has 3 aromatic rings. The maximum absolute atomic E-state index is 13.2. The van der Waals surface area contributed by atoms with Gasteiger partial charge < -0.3 is 10.1 Å². The molecule has 0 radical (unpaired) electrons. The van der Waals surface area contributed by atoms with Crippen LogP contribution >= 0.6 is 11.6 Å². The van der Waals surface area contributed by atoms with Gasteiger partial charge in [-0.2, -0.15) is 0 Å². The number of anilines is 2. The highest BCUT2D eigenvalue weighted by Gasteiger charge is 2.39. The van der Waals surface area contributed by atoms with Crippen molar-refractivity contribution >= 4 is 38.7 Å². The molecule has 2 aliphatic rings.